The van der Waals surface area contributed by atoms with Gasteiger partial charge in [0, 0.05) is 20.2 Å². The average Bonchev–Trinajstić information content (AvgIpc) is 3.13. The molecule has 0 aliphatic rings. The van der Waals surface area contributed by atoms with Gasteiger partial charge < -0.3 is 4.74 Å². The Kier molecular flexibility index (Phi) is 28.0. The molecule has 0 heterocycles. The molecule has 0 aliphatic heterocycles. The molecule has 282 valence electrons. The Hall–Kier alpha value is -1.30. The Labute approximate surface area is 321 Å². The van der Waals surface area contributed by atoms with Crippen LogP contribution in [0.15, 0.2) is 57.2 Å². The van der Waals surface area contributed by atoms with Crippen LogP contribution in [0, 0.1) is 0 Å². The van der Waals surface area contributed by atoms with Crippen molar-refractivity contribution in [2.75, 3.05) is 23.9 Å². The Morgan fingerprint density at radius 3 is 1.42 bits per heavy atom. The summed E-state index contributed by atoms with van der Waals surface area (Å²) in [4.78, 5) is 17.4. The molecule has 2 aromatic carbocycles. The van der Waals surface area contributed by atoms with Crippen molar-refractivity contribution in [3.05, 3.63) is 53.6 Å². The van der Waals surface area contributed by atoms with Gasteiger partial charge in [-0.1, -0.05) is 161 Å². The minimum Gasteiger partial charge on any atom is -0.494 e. The molecule has 0 aliphatic carbocycles. The van der Waals surface area contributed by atoms with Gasteiger partial charge in [-0.05, 0) is 78.8 Å². The fraction of sp³-hybridized carbons (Fsp3) is 0.667. The minimum absolute atomic E-state index is 0.0774. The molecular formula is C45H72O2S3. The second-order valence-electron chi connectivity index (χ2n) is 13.8. The third-order valence-electron chi connectivity index (χ3n) is 9.13. The van der Waals surface area contributed by atoms with E-state index in [-0.39, 0.29) is 5.78 Å². The maximum atomic E-state index is 13.5. The summed E-state index contributed by atoms with van der Waals surface area (Å²) in [6, 6.07) is 12.5. The first kappa shape index (κ1) is 44.9. The number of carbonyl (C=O) groups excluding carboxylic acids is 1. The summed E-state index contributed by atoms with van der Waals surface area (Å²) in [6.45, 7) is 9.81. The fourth-order valence-corrected chi connectivity index (χ4v) is 9.85. The SMILES string of the molecule is CCCCCCCCCCCCCCCCCCOc1ccc(C=CC(=O)c2cc(SCCCC)c(SCCCC)c(SCCCC)c2)cc1. The molecule has 5 heteroatoms. The van der Waals surface area contributed by atoms with E-state index in [1.807, 2.05) is 53.5 Å². The highest BCUT2D eigenvalue weighted by Crippen LogP contribution is 2.41. The summed E-state index contributed by atoms with van der Waals surface area (Å²) in [7, 11) is 0. The highest BCUT2D eigenvalue weighted by atomic mass is 32.2. The number of hydrogen-bond acceptors (Lipinski definition) is 5. The smallest absolute Gasteiger partial charge is 0.185 e. The number of rotatable bonds is 33. The quantitative estimate of drug-likeness (QED) is 0.0314. The zero-order chi connectivity index (χ0) is 35.9. The van der Waals surface area contributed by atoms with Crippen molar-refractivity contribution in [3.8, 4) is 5.75 Å². The molecule has 2 aromatic rings. The molecule has 0 saturated heterocycles. The topological polar surface area (TPSA) is 26.3 Å². The summed E-state index contributed by atoms with van der Waals surface area (Å²) in [6.07, 6.45) is 33.0. The van der Waals surface area contributed by atoms with Gasteiger partial charge in [0.1, 0.15) is 5.75 Å². The highest BCUT2D eigenvalue weighted by molar-refractivity contribution is 8.03. The lowest BCUT2D eigenvalue weighted by Gasteiger charge is -2.16. The molecular weight excluding hydrogens is 669 g/mol. The first-order chi connectivity index (χ1) is 24.6. The van der Waals surface area contributed by atoms with Gasteiger partial charge in [0.05, 0.1) is 6.61 Å². The van der Waals surface area contributed by atoms with Crippen LogP contribution < -0.4 is 4.74 Å². The van der Waals surface area contributed by atoms with E-state index in [1.54, 1.807) is 6.08 Å². The van der Waals surface area contributed by atoms with Crippen LogP contribution in [0.3, 0.4) is 0 Å². The van der Waals surface area contributed by atoms with Crippen LogP contribution in [0.1, 0.15) is 185 Å². The number of ether oxygens (including phenoxy) is 1. The predicted octanol–water partition coefficient (Wildman–Crippen LogP) is 15.9. The largest absolute Gasteiger partial charge is 0.494 e. The second kappa shape index (κ2) is 31.2. The number of unbranched alkanes of at least 4 members (excludes halogenated alkanes) is 18. The molecule has 0 fully saturated rings. The van der Waals surface area contributed by atoms with Crippen LogP contribution in [-0.2, 0) is 0 Å². The van der Waals surface area contributed by atoms with E-state index in [4.69, 9.17) is 4.74 Å². The van der Waals surface area contributed by atoms with E-state index in [9.17, 15) is 4.79 Å². The highest BCUT2D eigenvalue weighted by Gasteiger charge is 2.16. The van der Waals surface area contributed by atoms with E-state index in [1.165, 1.54) is 150 Å². The van der Waals surface area contributed by atoms with Crippen molar-refractivity contribution in [1.82, 2.24) is 0 Å². The molecule has 0 N–H and O–H groups in total. The molecule has 0 aromatic heterocycles. The lowest BCUT2D eigenvalue weighted by Crippen LogP contribution is -1.99. The van der Waals surface area contributed by atoms with E-state index in [0.717, 1.165) is 47.2 Å². The van der Waals surface area contributed by atoms with E-state index >= 15 is 0 Å². The van der Waals surface area contributed by atoms with Crippen molar-refractivity contribution < 1.29 is 9.53 Å². The van der Waals surface area contributed by atoms with Gasteiger partial charge in [0.15, 0.2) is 5.78 Å². The number of ketones is 1. The molecule has 0 unspecified atom stereocenters. The zero-order valence-corrected chi connectivity index (χ0v) is 35.0. The molecule has 0 amide bonds. The second-order valence-corrected chi connectivity index (χ2v) is 17.2. The van der Waals surface area contributed by atoms with Crippen LogP contribution in [0.25, 0.3) is 6.08 Å². The molecule has 50 heavy (non-hydrogen) atoms. The van der Waals surface area contributed by atoms with Crippen LogP contribution >= 0.6 is 35.3 Å². The van der Waals surface area contributed by atoms with Gasteiger partial charge in [-0.2, -0.15) is 0 Å². The molecule has 0 bridgehead atoms. The summed E-state index contributed by atoms with van der Waals surface area (Å²) in [5, 5.41) is 0. The van der Waals surface area contributed by atoms with Gasteiger partial charge in [0.2, 0.25) is 0 Å². The molecule has 0 atom stereocenters. The lowest BCUT2D eigenvalue weighted by molar-refractivity contribution is 0.104. The predicted molar refractivity (Wildman–Crippen MR) is 228 cm³/mol. The normalized spacial score (nSPS) is 11.5. The summed E-state index contributed by atoms with van der Waals surface area (Å²) in [5.41, 5.74) is 1.83. The van der Waals surface area contributed by atoms with Gasteiger partial charge in [-0.3, -0.25) is 4.79 Å². The third-order valence-corrected chi connectivity index (χ3v) is 12.9. The van der Waals surface area contributed by atoms with Crippen LogP contribution in [0.2, 0.25) is 0 Å². The number of benzene rings is 2. The minimum atomic E-state index is 0.0774. The van der Waals surface area contributed by atoms with Crippen molar-refractivity contribution in [2.24, 2.45) is 0 Å². The standard InChI is InChI=1S/C45H72O2S3/c1-5-9-13-14-15-16-17-18-19-20-21-22-23-24-25-26-33-47-41-30-27-39(28-31-41)29-32-42(46)40-37-43(48-34-10-6-2)45(50-36-12-8-4)44(38-40)49-35-11-7-3/h27-32,37-38H,5-26,33-36H2,1-4H3. The number of allylic oxidation sites excluding steroid dienone is 1. The molecule has 2 rings (SSSR count). The Morgan fingerprint density at radius 1 is 0.540 bits per heavy atom. The van der Waals surface area contributed by atoms with E-state index in [0.29, 0.717) is 0 Å². The summed E-state index contributed by atoms with van der Waals surface area (Å²) >= 11 is 5.83. The van der Waals surface area contributed by atoms with E-state index < -0.39 is 0 Å². The summed E-state index contributed by atoms with van der Waals surface area (Å²) < 4.78 is 6.03. The first-order valence-corrected chi connectivity index (χ1v) is 23.6. The Morgan fingerprint density at radius 2 is 0.960 bits per heavy atom. The summed E-state index contributed by atoms with van der Waals surface area (Å²) in [5.74, 6) is 4.31. The van der Waals surface area contributed by atoms with Gasteiger partial charge in [-0.15, -0.1) is 35.3 Å². The number of carbonyl (C=O) groups is 1. The molecule has 0 radical (unpaired) electrons. The lowest BCUT2D eigenvalue weighted by atomic mass is 10.0. The fourth-order valence-electron chi connectivity index (χ4n) is 5.83. The van der Waals surface area contributed by atoms with Crippen molar-refractivity contribution >= 4 is 47.1 Å². The molecule has 0 spiro atoms. The van der Waals surface area contributed by atoms with Gasteiger partial charge in [0.25, 0.3) is 0 Å². The third kappa shape index (κ3) is 21.3. The Bertz CT molecular complexity index is 1110. The van der Waals surface area contributed by atoms with E-state index in [2.05, 4.69) is 52.0 Å². The van der Waals surface area contributed by atoms with Crippen LogP contribution in [-0.4, -0.2) is 29.6 Å². The van der Waals surface area contributed by atoms with Crippen LogP contribution in [0.4, 0.5) is 0 Å². The van der Waals surface area contributed by atoms with Gasteiger partial charge >= 0.3 is 0 Å². The monoisotopic (exact) mass is 740 g/mol. The number of hydrogen-bond donors (Lipinski definition) is 0. The zero-order valence-electron chi connectivity index (χ0n) is 32.5. The van der Waals surface area contributed by atoms with Crippen LogP contribution in [0.5, 0.6) is 5.75 Å². The van der Waals surface area contributed by atoms with Crippen molar-refractivity contribution in [2.45, 2.75) is 184 Å². The maximum absolute atomic E-state index is 13.5. The number of thioether (sulfide) groups is 3. The molecule has 2 nitrogen and oxygen atoms in total. The van der Waals surface area contributed by atoms with Gasteiger partial charge in [-0.25, -0.2) is 0 Å². The van der Waals surface area contributed by atoms with Crippen molar-refractivity contribution in [3.63, 3.8) is 0 Å². The Balaban J connectivity index is 1.75. The van der Waals surface area contributed by atoms with Crippen molar-refractivity contribution in [1.29, 1.82) is 0 Å². The molecule has 0 saturated carbocycles. The maximum Gasteiger partial charge on any atom is 0.185 e. The average molecular weight is 741 g/mol. The first-order valence-electron chi connectivity index (χ1n) is 20.6.